The number of hydrogen-bond donors (Lipinski definition) is 1. The maximum Gasteiger partial charge on any atom is 0.229 e. The summed E-state index contributed by atoms with van der Waals surface area (Å²) in [5.41, 5.74) is 1.87. The molecule has 0 radical (unpaired) electrons. The van der Waals surface area contributed by atoms with E-state index in [1.165, 1.54) is 12.8 Å². The Morgan fingerprint density at radius 2 is 1.83 bits per heavy atom. The molecule has 1 saturated heterocycles. The van der Waals surface area contributed by atoms with E-state index in [1.54, 1.807) is 0 Å². The predicted molar refractivity (Wildman–Crippen MR) is 91.5 cm³/mol. The zero-order valence-corrected chi connectivity index (χ0v) is 13.9. The van der Waals surface area contributed by atoms with E-state index in [1.807, 2.05) is 48.2 Å². The molecule has 1 N–H and O–H groups in total. The molecule has 1 saturated carbocycles. The molecule has 2 aliphatic rings. The summed E-state index contributed by atoms with van der Waals surface area (Å²) in [5.74, 6) is -0.131. The maximum atomic E-state index is 12.4. The summed E-state index contributed by atoms with van der Waals surface area (Å²) >= 11 is 0. The number of hydrogen-bond acceptors (Lipinski definition) is 3. The van der Waals surface area contributed by atoms with Gasteiger partial charge in [-0.15, -0.1) is 0 Å². The number of carbonyl (C=O) groups excluding carboxylic acids is 2. The molecule has 5 heteroatoms. The fraction of sp³-hybridized carbons (Fsp3) is 0.556. The SMILES string of the molecule is CN(C)c1ccc(NC(=O)C2CC(=O)N(C3CCCC3)C2)cc1. The van der Waals surface area contributed by atoms with Crippen LogP contribution in [0.4, 0.5) is 11.4 Å². The smallest absolute Gasteiger partial charge is 0.229 e. The number of nitrogens with one attached hydrogen (secondary N) is 1. The average molecular weight is 315 g/mol. The molecular weight excluding hydrogens is 290 g/mol. The molecule has 0 bridgehead atoms. The number of benzene rings is 1. The van der Waals surface area contributed by atoms with Gasteiger partial charge in [-0.25, -0.2) is 0 Å². The van der Waals surface area contributed by atoms with Crippen LogP contribution in [-0.4, -0.2) is 43.4 Å². The van der Waals surface area contributed by atoms with E-state index in [0.717, 1.165) is 24.2 Å². The Hall–Kier alpha value is -2.04. The van der Waals surface area contributed by atoms with Gasteiger partial charge in [0, 0.05) is 44.5 Å². The van der Waals surface area contributed by atoms with Gasteiger partial charge in [0.15, 0.2) is 0 Å². The van der Waals surface area contributed by atoms with Crippen molar-refractivity contribution in [1.82, 2.24) is 4.90 Å². The van der Waals surface area contributed by atoms with Crippen molar-refractivity contribution in [1.29, 1.82) is 0 Å². The van der Waals surface area contributed by atoms with Gasteiger partial charge in [-0.2, -0.15) is 0 Å². The Balaban J connectivity index is 1.59. The van der Waals surface area contributed by atoms with Crippen molar-refractivity contribution in [2.45, 2.75) is 38.1 Å². The van der Waals surface area contributed by atoms with Gasteiger partial charge in [-0.1, -0.05) is 12.8 Å². The number of nitrogens with zero attached hydrogens (tertiary/aromatic N) is 2. The molecule has 1 atom stereocenters. The number of carbonyl (C=O) groups is 2. The van der Waals surface area contributed by atoms with E-state index in [-0.39, 0.29) is 17.7 Å². The number of rotatable bonds is 4. The maximum absolute atomic E-state index is 12.4. The van der Waals surface area contributed by atoms with E-state index in [4.69, 9.17) is 0 Å². The zero-order chi connectivity index (χ0) is 16.4. The molecule has 1 unspecified atom stereocenters. The van der Waals surface area contributed by atoms with Gasteiger partial charge in [0.25, 0.3) is 0 Å². The quantitative estimate of drug-likeness (QED) is 0.929. The highest BCUT2D eigenvalue weighted by atomic mass is 16.2. The molecule has 3 rings (SSSR count). The van der Waals surface area contributed by atoms with Gasteiger partial charge in [-0.05, 0) is 37.1 Å². The minimum absolute atomic E-state index is 0.0450. The number of likely N-dealkylation sites (tertiary alicyclic amines) is 1. The van der Waals surface area contributed by atoms with Gasteiger partial charge in [0.1, 0.15) is 0 Å². The van der Waals surface area contributed by atoms with Gasteiger partial charge in [0.05, 0.1) is 5.92 Å². The van der Waals surface area contributed by atoms with Crippen LogP contribution in [0.25, 0.3) is 0 Å². The van der Waals surface area contributed by atoms with Crippen molar-refractivity contribution in [2.75, 3.05) is 30.9 Å². The van der Waals surface area contributed by atoms with Crippen LogP contribution in [0.2, 0.25) is 0 Å². The molecule has 0 aromatic heterocycles. The fourth-order valence-corrected chi connectivity index (χ4v) is 3.56. The van der Waals surface area contributed by atoms with Crippen LogP contribution in [0.3, 0.4) is 0 Å². The van der Waals surface area contributed by atoms with Gasteiger partial charge >= 0.3 is 0 Å². The lowest BCUT2D eigenvalue weighted by molar-refractivity contribution is -0.129. The van der Waals surface area contributed by atoms with Crippen molar-refractivity contribution >= 4 is 23.2 Å². The Morgan fingerprint density at radius 3 is 2.43 bits per heavy atom. The molecule has 1 aliphatic heterocycles. The monoisotopic (exact) mass is 315 g/mol. The van der Waals surface area contributed by atoms with Crippen molar-refractivity contribution < 1.29 is 9.59 Å². The fourth-order valence-electron chi connectivity index (χ4n) is 3.56. The second kappa shape index (κ2) is 6.60. The third-order valence-corrected chi connectivity index (χ3v) is 4.95. The van der Waals surface area contributed by atoms with Crippen LogP contribution in [0.15, 0.2) is 24.3 Å². The van der Waals surface area contributed by atoms with Gasteiger partial charge < -0.3 is 15.1 Å². The Kier molecular flexibility index (Phi) is 4.55. The zero-order valence-electron chi connectivity index (χ0n) is 13.9. The molecule has 1 aromatic carbocycles. The molecule has 2 amide bonds. The van der Waals surface area contributed by atoms with Crippen LogP contribution in [0.5, 0.6) is 0 Å². The van der Waals surface area contributed by atoms with E-state index in [0.29, 0.717) is 19.0 Å². The van der Waals surface area contributed by atoms with Crippen molar-refractivity contribution in [2.24, 2.45) is 5.92 Å². The molecule has 5 nitrogen and oxygen atoms in total. The first-order valence-corrected chi connectivity index (χ1v) is 8.42. The van der Waals surface area contributed by atoms with Gasteiger partial charge in [-0.3, -0.25) is 9.59 Å². The summed E-state index contributed by atoms with van der Waals surface area (Å²) < 4.78 is 0. The average Bonchev–Trinajstić information content (AvgIpc) is 3.16. The van der Waals surface area contributed by atoms with Crippen LogP contribution in [0.1, 0.15) is 32.1 Å². The van der Waals surface area contributed by atoms with Crippen LogP contribution >= 0.6 is 0 Å². The second-order valence-electron chi connectivity index (χ2n) is 6.82. The van der Waals surface area contributed by atoms with E-state index < -0.39 is 0 Å². The van der Waals surface area contributed by atoms with Crippen LogP contribution in [-0.2, 0) is 9.59 Å². The summed E-state index contributed by atoms with van der Waals surface area (Å²) in [6.45, 7) is 0.575. The lowest BCUT2D eigenvalue weighted by Crippen LogP contribution is -2.35. The van der Waals surface area contributed by atoms with E-state index in [9.17, 15) is 9.59 Å². The third kappa shape index (κ3) is 3.49. The largest absolute Gasteiger partial charge is 0.378 e. The summed E-state index contributed by atoms with van der Waals surface area (Å²) in [4.78, 5) is 28.6. The van der Waals surface area contributed by atoms with Crippen LogP contribution in [0, 0.1) is 5.92 Å². The molecule has 1 aliphatic carbocycles. The molecule has 2 fully saturated rings. The predicted octanol–water partition coefficient (Wildman–Crippen LogP) is 2.48. The molecule has 1 heterocycles. The van der Waals surface area contributed by atoms with E-state index in [2.05, 4.69) is 5.32 Å². The molecular formula is C18H25N3O2. The lowest BCUT2D eigenvalue weighted by atomic mass is 10.1. The second-order valence-corrected chi connectivity index (χ2v) is 6.82. The summed E-state index contributed by atoms with van der Waals surface area (Å²) in [6.07, 6.45) is 4.92. The first kappa shape index (κ1) is 15.8. The molecule has 124 valence electrons. The lowest BCUT2D eigenvalue weighted by Gasteiger charge is -2.23. The summed E-state index contributed by atoms with van der Waals surface area (Å²) in [5, 5.41) is 2.95. The Labute approximate surface area is 137 Å². The standard InChI is InChI=1S/C18H25N3O2/c1-20(2)15-9-7-14(8-10-15)19-18(23)13-11-17(22)21(12-13)16-5-3-4-6-16/h7-10,13,16H,3-6,11-12H2,1-2H3,(H,19,23). The highest BCUT2D eigenvalue weighted by molar-refractivity contribution is 5.97. The topological polar surface area (TPSA) is 52.7 Å². The summed E-state index contributed by atoms with van der Waals surface area (Å²) in [6, 6.07) is 8.11. The Bertz CT molecular complexity index is 576. The van der Waals surface area contributed by atoms with E-state index >= 15 is 0 Å². The minimum Gasteiger partial charge on any atom is -0.378 e. The normalized spacial score (nSPS) is 21.7. The Morgan fingerprint density at radius 1 is 1.17 bits per heavy atom. The minimum atomic E-state index is -0.225. The molecule has 0 spiro atoms. The van der Waals surface area contributed by atoms with Crippen molar-refractivity contribution in [3.05, 3.63) is 24.3 Å². The third-order valence-electron chi connectivity index (χ3n) is 4.95. The van der Waals surface area contributed by atoms with Crippen LogP contribution < -0.4 is 10.2 Å². The molecule has 23 heavy (non-hydrogen) atoms. The first-order valence-electron chi connectivity index (χ1n) is 8.42. The van der Waals surface area contributed by atoms with Gasteiger partial charge in [0.2, 0.25) is 11.8 Å². The summed E-state index contributed by atoms with van der Waals surface area (Å²) in [7, 11) is 3.96. The van der Waals surface area contributed by atoms with Crippen molar-refractivity contribution in [3.8, 4) is 0 Å². The number of amides is 2. The number of anilines is 2. The molecule has 1 aromatic rings. The first-order chi connectivity index (χ1) is 11.0. The van der Waals surface area contributed by atoms with Crippen molar-refractivity contribution in [3.63, 3.8) is 0 Å². The highest BCUT2D eigenvalue weighted by Gasteiger charge is 2.38. The highest BCUT2D eigenvalue weighted by Crippen LogP contribution is 2.30.